The van der Waals surface area contributed by atoms with Crippen LogP contribution in [0.4, 0.5) is 0 Å². The van der Waals surface area contributed by atoms with Gasteiger partial charge in [-0.15, -0.1) is 11.8 Å². The number of benzene rings is 1. The fourth-order valence-electron chi connectivity index (χ4n) is 1.53. The van der Waals surface area contributed by atoms with Crippen LogP contribution in [0, 0.1) is 5.92 Å². The van der Waals surface area contributed by atoms with Crippen molar-refractivity contribution in [3.63, 3.8) is 0 Å². The van der Waals surface area contributed by atoms with E-state index in [-0.39, 0.29) is 11.0 Å². The lowest BCUT2D eigenvalue weighted by atomic mass is 10.1. The Morgan fingerprint density at radius 2 is 1.67 bits per heavy atom. The highest BCUT2D eigenvalue weighted by molar-refractivity contribution is 8.01. The van der Waals surface area contributed by atoms with Crippen LogP contribution in [-0.4, -0.2) is 23.4 Å². The Balaban J connectivity index is 2.67. The lowest BCUT2D eigenvalue weighted by Gasteiger charge is -2.19. The first-order chi connectivity index (χ1) is 8.45. The minimum Gasteiger partial charge on any atom is -0.497 e. The Morgan fingerprint density at radius 3 is 2.11 bits per heavy atom. The van der Waals surface area contributed by atoms with E-state index >= 15 is 0 Å². The molecule has 0 bridgehead atoms. The highest BCUT2D eigenvalue weighted by Gasteiger charge is 2.19. The molecule has 3 heteroatoms. The summed E-state index contributed by atoms with van der Waals surface area (Å²) < 4.78 is 5.09. The molecule has 100 valence electrons. The number of carbonyl (C=O) groups is 1. The van der Waals surface area contributed by atoms with Crippen LogP contribution in [0.15, 0.2) is 24.3 Å². The van der Waals surface area contributed by atoms with Crippen molar-refractivity contribution < 1.29 is 9.53 Å². The van der Waals surface area contributed by atoms with Gasteiger partial charge in [-0.3, -0.25) is 4.79 Å². The van der Waals surface area contributed by atoms with E-state index in [0.717, 1.165) is 11.3 Å². The molecule has 0 spiro atoms. The van der Waals surface area contributed by atoms with Crippen LogP contribution in [0.1, 0.15) is 38.1 Å². The topological polar surface area (TPSA) is 26.3 Å². The maximum Gasteiger partial charge on any atom is 0.175 e. The van der Waals surface area contributed by atoms with E-state index in [4.69, 9.17) is 4.74 Å². The van der Waals surface area contributed by atoms with Gasteiger partial charge in [0.25, 0.3) is 0 Å². The van der Waals surface area contributed by atoms with Gasteiger partial charge in [0, 0.05) is 10.8 Å². The predicted octanol–water partition coefficient (Wildman–Crippen LogP) is 4.04. The highest BCUT2D eigenvalue weighted by atomic mass is 32.2. The van der Waals surface area contributed by atoms with Crippen LogP contribution in [0.25, 0.3) is 0 Å². The number of thioether (sulfide) groups is 1. The fraction of sp³-hybridized carbons (Fsp3) is 0.533. The van der Waals surface area contributed by atoms with Crippen molar-refractivity contribution in [1.82, 2.24) is 0 Å². The van der Waals surface area contributed by atoms with Crippen molar-refractivity contribution in [2.45, 2.75) is 38.2 Å². The molecular weight excluding hydrogens is 244 g/mol. The number of methoxy groups -OCH3 is 1. The summed E-state index contributed by atoms with van der Waals surface area (Å²) in [5.74, 6) is 1.55. The lowest BCUT2D eigenvalue weighted by molar-refractivity contribution is 0.0993. The highest BCUT2D eigenvalue weighted by Crippen LogP contribution is 2.26. The van der Waals surface area contributed by atoms with Gasteiger partial charge in [0.2, 0.25) is 0 Å². The third kappa shape index (κ3) is 4.05. The number of hydrogen-bond acceptors (Lipinski definition) is 3. The number of ether oxygens (including phenoxy) is 1. The molecule has 0 aliphatic rings. The molecule has 0 amide bonds. The first-order valence-corrected chi connectivity index (χ1v) is 7.23. The van der Waals surface area contributed by atoms with E-state index in [1.165, 1.54) is 0 Å². The van der Waals surface area contributed by atoms with Crippen LogP contribution in [0.5, 0.6) is 5.75 Å². The summed E-state index contributed by atoms with van der Waals surface area (Å²) in [6.45, 7) is 8.52. The number of rotatable bonds is 6. The smallest absolute Gasteiger partial charge is 0.175 e. The molecule has 2 unspecified atom stereocenters. The second kappa shape index (κ2) is 6.83. The van der Waals surface area contributed by atoms with Crippen molar-refractivity contribution >= 4 is 17.5 Å². The van der Waals surface area contributed by atoms with Crippen LogP contribution in [0.3, 0.4) is 0 Å². The van der Waals surface area contributed by atoms with E-state index in [0.29, 0.717) is 11.2 Å². The van der Waals surface area contributed by atoms with Gasteiger partial charge < -0.3 is 4.74 Å². The second-order valence-electron chi connectivity index (χ2n) is 4.82. The van der Waals surface area contributed by atoms with Crippen LogP contribution in [-0.2, 0) is 0 Å². The van der Waals surface area contributed by atoms with Crippen molar-refractivity contribution in [2.24, 2.45) is 5.92 Å². The van der Waals surface area contributed by atoms with Crippen LogP contribution >= 0.6 is 11.8 Å². The second-order valence-corrected chi connectivity index (χ2v) is 6.54. The molecule has 0 saturated heterocycles. The van der Waals surface area contributed by atoms with E-state index in [9.17, 15) is 4.79 Å². The summed E-state index contributed by atoms with van der Waals surface area (Å²) in [5.41, 5.74) is 0.756. The van der Waals surface area contributed by atoms with Gasteiger partial charge in [0.15, 0.2) is 5.78 Å². The van der Waals surface area contributed by atoms with Gasteiger partial charge in [-0.1, -0.05) is 20.8 Å². The zero-order valence-electron chi connectivity index (χ0n) is 11.8. The summed E-state index contributed by atoms with van der Waals surface area (Å²) in [6, 6.07) is 7.32. The molecule has 0 saturated carbocycles. The molecule has 0 aliphatic carbocycles. The monoisotopic (exact) mass is 266 g/mol. The Kier molecular flexibility index (Phi) is 5.73. The van der Waals surface area contributed by atoms with Gasteiger partial charge in [-0.05, 0) is 37.1 Å². The molecule has 0 aromatic heterocycles. The minimum atomic E-state index is -0.00389. The average Bonchev–Trinajstić information content (AvgIpc) is 2.37. The molecule has 0 N–H and O–H groups in total. The van der Waals surface area contributed by atoms with E-state index < -0.39 is 0 Å². The summed E-state index contributed by atoms with van der Waals surface area (Å²) in [7, 11) is 1.62. The van der Waals surface area contributed by atoms with Gasteiger partial charge in [-0.2, -0.15) is 0 Å². The molecule has 1 aromatic carbocycles. The van der Waals surface area contributed by atoms with Gasteiger partial charge in [0.1, 0.15) is 5.75 Å². The summed E-state index contributed by atoms with van der Waals surface area (Å²) in [6.07, 6.45) is 0. The molecule has 0 aliphatic heterocycles. The average molecular weight is 266 g/mol. The fourth-order valence-corrected chi connectivity index (χ4v) is 2.75. The molecular formula is C15H22O2S. The largest absolute Gasteiger partial charge is 0.497 e. The summed E-state index contributed by atoms with van der Waals surface area (Å²) >= 11 is 1.74. The maximum atomic E-state index is 12.2. The van der Waals surface area contributed by atoms with E-state index in [2.05, 4.69) is 20.8 Å². The lowest BCUT2D eigenvalue weighted by Crippen LogP contribution is -2.19. The van der Waals surface area contributed by atoms with Crippen molar-refractivity contribution in [1.29, 1.82) is 0 Å². The number of carbonyl (C=O) groups excluding carboxylic acids is 1. The maximum absolute atomic E-state index is 12.2. The SMILES string of the molecule is COc1ccc(C(=O)C(C)SC(C)C(C)C)cc1. The quantitative estimate of drug-likeness (QED) is 0.727. The minimum absolute atomic E-state index is 0.00389. The Bertz CT molecular complexity index is 384. The van der Waals surface area contributed by atoms with Crippen molar-refractivity contribution in [3.8, 4) is 5.75 Å². The zero-order chi connectivity index (χ0) is 13.7. The molecule has 1 rings (SSSR count). The first-order valence-electron chi connectivity index (χ1n) is 6.29. The predicted molar refractivity (Wildman–Crippen MR) is 78.7 cm³/mol. The summed E-state index contributed by atoms with van der Waals surface area (Å²) in [5, 5.41) is 0.484. The standard InChI is InChI=1S/C15H22O2S/c1-10(2)11(3)18-12(4)15(16)13-6-8-14(17-5)9-7-13/h6-12H,1-5H3. The van der Waals surface area contributed by atoms with Crippen LogP contribution in [0.2, 0.25) is 0 Å². The zero-order valence-corrected chi connectivity index (χ0v) is 12.6. The Labute approximate surface area is 114 Å². The van der Waals surface area contributed by atoms with Gasteiger partial charge in [0.05, 0.1) is 12.4 Å². The molecule has 2 nitrogen and oxygen atoms in total. The molecule has 0 fully saturated rings. The number of Topliss-reactive ketones (excluding diaryl/α,β-unsaturated/α-hetero) is 1. The van der Waals surface area contributed by atoms with E-state index in [1.54, 1.807) is 18.9 Å². The number of ketones is 1. The molecule has 0 radical (unpaired) electrons. The van der Waals surface area contributed by atoms with Crippen molar-refractivity contribution in [3.05, 3.63) is 29.8 Å². The van der Waals surface area contributed by atoms with Crippen molar-refractivity contribution in [2.75, 3.05) is 7.11 Å². The van der Waals surface area contributed by atoms with Gasteiger partial charge in [-0.25, -0.2) is 0 Å². The first kappa shape index (κ1) is 15.1. The molecule has 1 aromatic rings. The van der Waals surface area contributed by atoms with Gasteiger partial charge >= 0.3 is 0 Å². The third-order valence-corrected chi connectivity index (χ3v) is 4.70. The Hall–Kier alpha value is -0.960. The Morgan fingerprint density at radius 1 is 1.11 bits per heavy atom. The third-order valence-electron chi connectivity index (χ3n) is 3.10. The summed E-state index contributed by atoms with van der Waals surface area (Å²) in [4.78, 5) is 12.2. The van der Waals surface area contributed by atoms with Crippen LogP contribution < -0.4 is 4.74 Å². The normalized spacial score (nSPS) is 14.3. The molecule has 18 heavy (non-hydrogen) atoms. The number of hydrogen-bond donors (Lipinski definition) is 0. The molecule has 0 heterocycles. The molecule has 2 atom stereocenters. The van der Waals surface area contributed by atoms with E-state index in [1.807, 2.05) is 31.2 Å².